The van der Waals surface area contributed by atoms with E-state index < -0.39 is 0 Å². The maximum Gasteiger partial charge on any atom is 0.202 e. The number of methoxy groups -OCH3 is 1. The molecule has 0 aliphatic rings. The van der Waals surface area contributed by atoms with Gasteiger partial charge in [-0.2, -0.15) is 4.37 Å². The Hall–Kier alpha value is -1.83. The number of aromatic nitrogens is 3. The third-order valence-electron chi connectivity index (χ3n) is 2.99. The second-order valence-electron chi connectivity index (χ2n) is 4.62. The van der Waals surface area contributed by atoms with E-state index in [0.717, 1.165) is 33.6 Å². The van der Waals surface area contributed by atoms with Gasteiger partial charge in [-0.25, -0.2) is 9.97 Å². The van der Waals surface area contributed by atoms with Crippen molar-refractivity contribution in [3.05, 3.63) is 47.2 Å². The second kappa shape index (κ2) is 7.44. The van der Waals surface area contributed by atoms with Gasteiger partial charge < -0.3 is 10.1 Å². The van der Waals surface area contributed by atoms with E-state index in [2.05, 4.69) is 37.2 Å². The van der Waals surface area contributed by atoms with E-state index in [1.807, 2.05) is 18.2 Å². The Kier molecular flexibility index (Phi) is 5.10. The molecule has 0 atom stereocenters. The highest BCUT2D eigenvalue weighted by atomic mass is 32.1. The van der Waals surface area contributed by atoms with E-state index in [1.165, 1.54) is 11.5 Å². The average Bonchev–Trinajstić information content (AvgIpc) is 3.21. The van der Waals surface area contributed by atoms with Crippen molar-refractivity contribution < 1.29 is 4.74 Å². The number of anilines is 1. The molecule has 1 N–H and O–H groups in total. The Morgan fingerprint density at radius 2 is 2.05 bits per heavy atom. The molecule has 5 nitrogen and oxygen atoms in total. The number of hydrogen-bond donors (Lipinski definition) is 1. The Morgan fingerprint density at radius 3 is 2.86 bits per heavy atom. The quantitative estimate of drug-likeness (QED) is 0.718. The largest absolute Gasteiger partial charge is 0.384 e. The van der Waals surface area contributed by atoms with Crippen LogP contribution in [0.15, 0.2) is 35.7 Å². The first kappa shape index (κ1) is 15.1. The fourth-order valence-corrected chi connectivity index (χ4v) is 3.32. The van der Waals surface area contributed by atoms with Crippen LogP contribution in [0, 0.1) is 0 Å². The molecule has 0 unspecified atom stereocenters. The van der Waals surface area contributed by atoms with Crippen molar-refractivity contribution in [1.82, 2.24) is 14.3 Å². The fraction of sp³-hybridized carbons (Fsp3) is 0.267. The summed E-state index contributed by atoms with van der Waals surface area (Å²) in [7, 11) is 1.68. The minimum absolute atomic E-state index is 0.642. The molecule has 22 heavy (non-hydrogen) atoms. The number of benzene rings is 1. The van der Waals surface area contributed by atoms with Crippen LogP contribution in [0.2, 0.25) is 0 Å². The summed E-state index contributed by atoms with van der Waals surface area (Å²) in [5, 5.41) is 7.20. The number of nitrogens with one attached hydrogen (secondary N) is 1. The van der Waals surface area contributed by atoms with Gasteiger partial charge in [0.25, 0.3) is 0 Å². The van der Waals surface area contributed by atoms with Crippen molar-refractivity contribution >= 4 is 28.0 Å². The van der Waals surface area contributed by atoms with Gasteiger partial charge in [-0.15, -0.1) is 11.3 Å². The van der Waals surface area contributed by atoms with Gasteiger partial charge in [0.15, 0.2) is 0 Å². The molecule has 0 saturated carbocycles. The summed E-state index contributed by atoms with van der Waals surface area (Å²) < 4.78 is 9.31. The zero-order chi connectivity index (χ0) is 15.2. The second-order valence-corrected chi connectivity index (χ2v) is 6.23. The smallest absolute Gasteiger partial charge is 0.202 e. The summed E-state index contributed by atoms with van der Waals surface area (Å²) in [4.78, 5) is 9.06. The van der Waals surface area contributed by atoms with Crippen LogP contribution in [0.4, 0.5) is 5.13 Å². The normalized spacial score (nSPS) is 10.8. The van der Waals surface area contributed by atoms with Crippen molar-refractivity contribution in [3.8, 4) is 10.6 Å². The molecule has 0 bridgehead atoms. The fourth-order valence-electron chi connectivity index (χ4n) is 1.89. The summed E-state index contributed by atoms with van der Waals surface area (Å²) in [6, 6.07) is 10.2. The zero-order valence-corrected chi connectivity index (χ0v) is 13.8. The molecule has 0 fully saturated rings. The van der Waals surface area contributed by atoms with Gasteiger partial charge >= 0.3 is 0 Å². The van der Waals surface area contributed by atoms with Crippen LogP contribution in [0.5, 0.6) is 0 Å². The third-order valence-corrected chi connectivity index (χ3v) is 4.64. The van der Waals surface area contributed by atoms with Gasteiger partial charge in [0.1, 0.15) is 10.8 Å². The topological polar surface area (TPSA) is 59.9 Å². The van der Waals surface area contributed by atoms with Crippen molar-refractivity contribution in [2.75, 3.05) is 19.0 Å². The highest BCUT2D eigenvalue weighted by Crippen LogP contribution is 2.23. The van der Waals surface area contributed by atoms with Crippen LogP contribution < -0.4 is 5.32 Å². The van der Waals surface area contributed by atoms with Crippen molar-refractivity contribution in [2.45, 2.75) is 13.0 Å². The Morgan fingerprint density at radius 1 is 1.18 bits per heavy atom. The van der Waals surface area contributed by atoms with Crippen LogP contribution in [0.25, 0.3) is 10.6 Å². The SMILES string of the molecule is COCCc1nsc(NCc2csc(-c3ccccc3)n2)n1. The van der Waals surface area contributed by atoms with Crippen LogP contribution in [-0.4, -0.2) is 28.1 Å². The molecule has 0 spiro atoms. The summed E-state index contributed by atoms with van der Waals surface area (Å²) in [5.41, 5.74) is 2.16. The molecule has 7 heteroatoms. The summed E-state index contributed by atoms with van der Waals surface area (Å²) in [6.07, 6.45) is 0.740. The molecule has 0 radical (unpaired) electrons. The van der Waals surface area contributed by atoms with E-state index in [-0.39, 0.29) is 0 Å². The van der Waals surface area contributed by atoms with Gasteiger partial charge in [0, 0.05) is 36.0 Å². The van der Waals surface area contributed by atoms with Crippen molar-refractivity contribution in [1.29, 1.82) is 0 Å². The lowest BCUT2D eigenvalue weighted by atomic mass is 10.2. The molecular weight excluding hydrogens is 316 g/mol. The minimum atomic E-state index is 0.642. The molecule has 3 aromatic rings. The molecule has 0 aliphatic carbocycles. The van der Waals surface area contributed by atoms with Crippen LogP contribution in [0.1, 0.15) is 11.5 Å². The van der Waals surface area contributed by atoms with Crippen LogP contribution in [-0.2, 0) is 17.7 Å². The molecule has 2 heterocycles. The number of thiazole rings is 1. The first-order valence-electron chi connectivity index (χ1n) is 6.90. The molecule has 114 valence electrons. The van der Waals surface area contributed by atoms with Crippen LogP contribution >= 0.6 is 22.9 Å². The summed E-state index contributed by atoms with van der Waals surface area (Å²) in [6.45, 7) is 1.30. The van der Waals surface area contributed by atoms with Gasteiger partial charge in [-0.05, 0) is 0 Å². The maximum atomic E-state index is 5.02. The van der Waals surface area contributed by atoms with Crippen molar-refractivity contribution in [3.63, 3.8) is 0 Å². The highest BCUT2D eigenvalue weighted by Gasteiger charge is 2.06. The Labute approximate surface area is 137 Å². The van der Waals surface area contributed by atoms with Gasteiger partial charge in [0.2, 0.25) is 5.13 Å². The number of ether oxygens (including phenoxy) is 1. The lowest BCUT2D eigenvalue weighted by molar-refractivity contribution is 0.201. The first-order valence-corrected chi connectivity index (χ1v) is 8.55. The monoisotopic (exact) mass is 332 g/mol. The van der Waals surface area contributed by atoms with Crippen LogP contribution in [0.3, 0.4) is 0 Å². The molecule has 3 rings (SSSR count). The summed E-state index contributed by atoms with van der Waals surface area (Å²) >= 11 is 3.02. The minimum Gasteiger partial charge on any atom is -0.384 e. The van der Waals surface area contributed by atoms with E-state index in [0.29, 0.717) is 13.2 Å². The Bertz CT molecular complexity index is 711. The maximum absolute atomic E-state index is 5.02. The molecule has 2 aromatic heterocycles. The van der Waals surface area contributed by atoms with Gasteiger partial charge in [-0.3, -0.25) is 0 Å². The number of rotatable bonds is 7. The van der Waals surface area contributed by atoms with Gasteiger partial charge in [-0.1, -0.05) is 30.3 Å². The predicted molar refractivity (Wildman–Crippen MR) is 90.4 cm³/mol. The zero-order valence-electron chi connectivity index (χ0n) is 12.2. The summed E-state index contributed by atoms with van der Waals surface area (Å²) in [5.74, 6) is 0.817. The van der Waals surface area contributed by atoms with E-state index >= 15 is 0 Å². The van der Waals surface area contributed by atoms with E-state index in [1.54, 1.807) is 18.4 Å². The third kappa shape index (κ3) is 3.88. The molecular formula is C15H16N4OS2. The number of hydrogen-bond acceptors (Lipinski definition) is 7. The molecule has 0 aliphatic heterocycles. The molecule has 1 aromatic carbocycles. The molecule has 0 saturated heterocycles. The van der Waals surface area contributed by atoms with E-state index in [4.69, 9.17) is 4.74 Å². The standard InChI is InChI=1S/C15H16N4OS2/c1-20-8-7-13-18-15(22-19-13)16-9-12-10-21-14(17-12)11-5-3-2-4-6-11/h2-6,10H,7-9H2,1H3,(H,16,18,19). The predicted octanol–water partition coefficient (Wildman–Crippen LogP) is 3.46. The lowest BCUT2D eigenvalue weighted by Crippen LogP contribution is -2.00. The van der Waals surface area contributed by atoms with Crippen molar-refractivity contribution in [2.24, 2.45) is 0 Å². The lowest BCUT2D eigenvalue weighted by Gasteiger charge is -1.98. The first-order chi connectivity index (χ1) is 10.8. The Balaban J connectivity index is 1.58. The molecule has 0 amide bonds. The average molecular weight is 332 g/mol. The highest BCUT2D eigenvalue weighted by molar-refractivity contribution is 7.13. The number of nitrogens with zero attached hydrogens (tertiary/aromatic N) is 3. The van der Waals surface area contributed by atoms with E-state index in [9.17, 15) is 0 Å². The van der Waals surface area contributed by atoms with Gasteiger partial charge in [0.05, 0.1) is 18.8 Å².